The summed E-state index contributed by atoms with van der Waals surface area (Å²) in [4.78, 5) is 28.7. The number of hydrogen-bond donors (Lipinski definition) is 1. The number of sulfonamides is 1. The molecule has 0 heterocycles. The fourth-order valence-electron chi connectivity index (χ4n) is 4.04. The van der Waals surface area contributed by atoms with E-state index in [0.29, 0.717) is 18.0 Å². The molecule has 0 aliphatic rings. The van der Waals surface area contributed by atoms with E-state index in [1.165, 1.54) is 35.2 Å². The first-order valence-electron chi connectivity index (χ1n) is 12.8. The van der Waals surface area contributed by atoms with Crippen molar-refractivity contribution in [3.63, 3.8) is 0 Å². The Kier molecular flexibility index (Phi) is 11.3. The molecule has 2 amide bonds. The molecule has 11 heteroatoms. The molecule has 0 spiro atoms. The van der Waals surface area contributed by atoms with Gasteiger partial charge in [-0.25, -0.2) is 8.42 Å². The van der Waals surface area contributed by atoms with E-state index >= 15 is 0 Å². The van der Waals surface area contributed by atoms with Crippen LogP contribution in [0.5, 0.6) is 0 Å². The largest absolute Gasteiger partial charge is 0.354 e. The number of amides is 2. The van der Waals surface area contributed by atoms with Crippen molar-refractivity contribution in [2.75, 3.05) is 17.4 Å². The lowest BCUT2D eigenvalue weighted by atomic mass is 10.1. The van der Waals surface area contributed by atoms with E-state index in [1.807, 2.05) is 13.8 Å². The average molecular weight is 625 g/mol. The van der Waals surface area contributed by atoms with E-state index in [2.05, 4.69) is 5.32 Å². The second-order valence-corrected chi connectivity index (χ2v) is 12.8. The normalized spacial score (nSPS) is 12.2. The van der Waals surface area contributed by atoms with Crippen LogP contribution in [0.25, 0.3) is 0 Å². The Bertz CT molecular complexity index is 1420. The summed E-state index contributed by atoms with van der Waals surface area (Å²) in [5.41, 5.74) is 0.779. The van der Waals surface area contributed by atoms with Gasteiger partial charge in [0.2, 0.25) is 11.8 Å². The Morgan fingerprint density at radius 3 is 2.12 bits per heavy atom. The molecule has 1 N–H and O–H groups in total. The summed E-state index contributed by atoms with van der Waals surface area (Å²) >= 11 is 18.7. The average Bonchev–Trinajstić information content (AvgIpc) is 2.93. The van der Waals surface area contributed by atoms with Gasteiger partial charge in [0.1, 0.15) is 12.6 Å². The Hall–Kier alpha value is -2.78. The molecule has 0 aliphatic heterocycles. The number of anilines is 1. The van der Waals surface area contributed by atoms with Crippen molar-refractivity contribution in [3.05, 3.63) is 93.4 Å². The zero-order valence-electron chi connectivity index (χ0n) is 22.5. The first-order valence-corrected chi connectivity index (χ1v) is 15.4. The highest BCUT2D eigenvalue weighted by atomic mass is 35.5. The van der Waals surface area contributed by atoms with Crippen LogP contribution in [0.15, 0.2) is 77.7 Å². The highest BCUT2D eigenvalue weighted by molar-refractivity contribution is 7.92. The molecule has 1 atom stereocenters. The number of hydrogen-bond acceptors (Lipinski definition) is 4. The van der Waals surface area contributed by atoms with Crippen molar-refractivity contribution in [1.29, 1.82) is 0 Å². The van der Waals surface area contributed by atoms with Crippen LogP contribution in [-0.4, -0.2) is 44.3 Å². The summed E-state index contributed by atoms with van der Waals surface area (Å²) in [6, 6.07) is 18.2. The van der Waals surface area contributed by atoms with Crippen molar-refractivity contribution in [2.24, 2.45) is 5.92 Å². The first kappa shape index (κ1) is 31.7. The number of carbonyl (C=O) groups is 2. The summed E-state index contributed by atoms with van der Waals surface area (Å²) < 4.78 is 28.7. The molecule has 0 bridgehead atoms. The fourth-order valence-corrected chi connectivity index (χ4v) is 6.05. The number of halogens is 3. The monoisotopic (exact) mass is 623 g/mol. The third kappa shape index (κ3) is 8.13. The standard InChI is InChI=1S/C29H32Cl3N3O4S/c1-4-26(29(37)33-17-20(2)3)34(18-21-10-12-22(30)13-11-21)28(36)19-35(27-16-23(31)14-15-25(27)32)40(38,39)24-8-6-5-7-9-24/h5-16,20,26H,4,17-19H2,1-3H3,(H,33,37). The van der Waals surface area contributed by atoms with Crippen LogP contribution in [0, 0.1) is 5.92 Å². The fraction of sp³-hybridized carbons (Fsp3) is 0.310. The molecular formula is C29H32Cl3N3O4S. The summed E-state index contributed by atoms with van der Waals surface area (Å²) in [6.07, 6.45) is 0.312. The number of nitrogens with one attached hydrogen (secondary N) is 1. The van der Waals surface area contributed by atoms with Gasteiger partial charge in [0.05, 0.1) is 15.6 Å². The van der Waals surface area contributed by atoms with Gasteiger partial charge in [0.15, 0.2) is 0 Å². The van der Waals surface area contributed by atoms with Gasteiger partial charge in [-0.1, -0.05) is 85.9 Å². The Balaban J connectivity index is 2.07. The first-order chi connectivity index (χ1) is 18.9. The van der Waals surface area contributed by atoms with E-state index in [4.69, 9.17) is 34.8 Å². The maximum absolute atomic E-state index is 14.1. The Morgan fingerprint density at radius 2 is 1.52 bits per heavy atom. The molecule has 3 aromatic carbocycles. The van der Waals surface area contributed by atoms with Crippen LogP contribution >= 0.6 is 34.8 Å². The van der Waals surface area contributed by atoms with E-state index in [9.17, 15) is 18.0 Å². The molecule has 3 aromatic rings. The molecule has 0 saturated heterocycles. The van der Waals surface area contributed by atoms with Crippen molar-refractivity contribution in [1.82, 2.24) is 10.2 Å². The minimum atomic E-state index is -4.25. The summed E-state index contributed by atoms with van der Waals surface area (Å²) in [5, 5.41) is 3.77. The van der Waals surface area contributed by atoms with Gasteiger partial charge in [-0.2, -0.15) is 0 Å². The van der Waals surface area contributed by atoms with E-state index in [-0.39, 0.29) is 39.0 Å². The molecule has 1 unspecified atom stereocenters. The van der Waals surface area contributed by atoms with Crippen LogP contribution in [0.4, 0.5) is 5.69 Å². The van der Waals surface area contributed by atoms with Gasteiger partial charge in [-0.05, 0) is 60.4 Å². The van der Waals surface area contributed by atoms with Gasteiger partial charge in [-0.3, -0.25) is 13.9 Å². The third-order valence-corrected chi connectivity index (χ3v) is 8.70. The van der Waals surface area contributed by atoms with E-state index in [0.717, 1.165) is 9.87 Å². The lowest BCUT2D eigenvalue weighted by Gasteiger charge is -2.33. The van der Waals surface area contributed by atoms with E-state index < -0.39 is 28.5 Å². The van der Waals surface area contributed by atoms with Gasteiger partial charge >= 0.3 is 0 Å². The lowest BCUT2D eigenvalue weighted by Crippen LogP contribution is -2.52. The predicted molar refractivity (Wildman–Crippen MR) is 161 cm³/mol. The second-order valence-electron chi connectivity index (χ2n) is 9.63. The molecule has 40 heavy (non-hydrogen) atoms. The molecule has 3 rings (SSSR count). The lowest BCUT2D eigenvalue weighted by molar-refractivity contribution is -0.140. The molecule has 0 aliphatic carbocycles. The molecular weight excluding hydrogens is 593 g/mol. The zero-order chi connectivity index (χ0) is 29.4. The van der Waals surface area contributed by atoms with Crippen molar-refractivity contribution in [3.8, 4) is 0 Å². The third-order valence-electron chi connectivity index (χ3n) is 6.12. The maximum Gasteiger partial charge on any atom is 0.264 e. The highest BCUT2D eigenvalue weighted by Crippen LogP contribution is 2.33. The van der Waals surface area contributed by atoms with Crippen molar-refractivity contribution >= 4 is 62.3 Å². The summed E-state index contributed by atoms with van der Waals surface area (Å²) in [6.45, 7) is 5.63. The van der Waals surface area contributed by atoms with Crippen LogP contribution in [-0.2, 0) is 26.2 Å². The minimum absolute atomic E-state index is 0.0233. The number of nitrogens with zero attached hydrogens (tertiary/aromatic N) is 2. The number of carbonyl (C=O) groups excluding carboxylic acids is 2. The van der Waals surface area contributed by atoms with Crippen LogP contribution in [0.1, 0.15) is 32.8 Å². The molecule has 0 radical (unpaired) electrons. The molecule has 7 nitrogen and oxygen atoms in total. The molecule has 0 aromatic heterocycles. The predicted octanol–water partition coefficient (Wildman–Crippen LogP) is 6.42. The smallest absolute Gasteiger partial charge is 0.264 e. The Morgan fingerprint density at radius 1 is 0.900 bits per heavy atom. The number of benzene rings is 3. The van der Waals surface area contributed by atoms with Crippen LogP contribution in [0.2, 0.25) is 15.1 Å². The van der Waals surface area contributed by atoms with Gasteiger partial charge < -0.3 is 10.2 Å². The zero-order valence-corrected chi connectivity index (χ0v) is 25.6. The summed E-state index contributed by atoms with van der Waals surface area (Å²) in [7, 11) is -4.25. The minimum Gasteiger partial charge on any atom is -0.354 e. The second kappa shape index (κ2) is 14.2. The van der Waals surface area contributed by atoms with Crippen LogP contribution in [0.3, 0.4) is 0 Å². The highest BCUT2D eigenvalue weighted by Gasteiger charge is 2.34. The molecule has 0 fully saturated rings. The van der Waals surface area contributed by atoms with Crippen molar-refractivity contribution < 1.29 is 18.0 Å². The Labute approximate surface area is 251 Å². The topological polar surface area (TPSA) is 86.8 Å². The molecule has 214 valence electrons. The SMILES string of the molecule is CCC(C(=O)NCC(C)C)N(Cc1ccc(Cl)cc1)C(=O)CN(c1cc(Cl)ccc1Cl)S(=O)(=O)c1ccccc1. The summed E-state index contributed by atoms with van der Waals surface area (Å²) in [5.74, 6) is -0.702. The van der Waals surface area contributed by atoms with Gasteiger partial charge in [0, 0.05) is 23.1 Å². The van der Waals surface area contributed by atoms with Crippen LogP contribution < -0.4 is 9.62 Å². The quantitative estimate of drug-likeness (QED) is 0.252. The van der Waals surface area contributed by atoms with Gasteiger partial charge in [0.25, 0.3) is 10.0 Å². The van der Waals surface area contributed by atoms with Gasteiger partial charge in [-0.15, -0.1) is 0 Å². The van der Waals surface area contributed by atoms with E-state index in [1.54, 1.807) is 49.4 Å². The molecule has 0 saturated carbocycles. The number of rotatable bonds is 12. The van der Waals surface area contributed by atoms with Crippen molar-refractivity contribution in [2.45, 2.75) is 44.7 Å². The maximum atomic E-state index is 14.1.